The first-order valence-electron chi connectivity index (χ1n) is 4.88. The third kappa shape index (κ3) is 3.30. The van der Waals surface area contributed by atoms with Gasteiger partial charge in [0.15, 0.2) is 0 Å². The monoisotopic (exact) mass is 271 g/mol. The number of para-hydroxylation sites is 1. The van der Waals surface area contributed by atoms with Gasteiger partial charge in [0.2, 0.25) is 0 Å². The summed E-state index contributed by atoms with van der Waals surface area (Å²) in [4.78, 5) is 10.7. The fourth-order valence-corrected chi connectivity index (χ4v) is 1.66. The number of alkyl halides is 1. The summed E-state index contributed by atoms with van der Waals surface area (Å²) in [6, 6.07) is 6.90. The second-order valence-electron chi connectivity index (χ2n) is 3.85. The summed E-state index contributed by atoms with van der Waals surface area (Å²) in [5.74, 6) is 0.463. The number of benzene rings is 1. The second-order valence-corrected chi connectivity index (χ2v) is 5.03. The lowest BCUT2D eigenvalue weighted by Crippen LogP contribution is -2.11. The Hall–Kier alpha value is -0.900. The van der Waals surface area contributed by atoms with Gasteiger partial charge in [0.05, 0.1) is 4.92 Å². The molecule has 0 saturated heterocycles. The van der Waals surface area contributed by atoms with Crippen LogP contribution in [0.4, 0.5) is 5.69 Å². The largest absolute Gasteiger partial charge is 0.272 e. The molecule has 0 N–H and O–H groups in total. The molecule has 82 valence electrons. The van der Waals surface area contributed by atoms with E-state index in [1.807, 2.05) is 12.1 Å². The number of nitro benzene ring substituents is 1. The summed E-state index contributed by atoms with van der Waals surface area (Å²) in [7, 11) is 0. The molecule has 0 bridgehead atoms. The molecule has 0 aliphatic heterocycles. The van der Waals surface area contributed by atoms with Crippen LogP contribution >= 0.6 is 15.9 Å². The number of hydrogen-bond donors (Lipinski definition) is 0. The Morgan fingerprint density at radius 1 is 1.40 bits per heavy atom. The molecule has 1 atom stereocenters. The summed E-state index contributed by atoms with van der Waals surface area (Å²) < 4.78 is 0. The van der Waals surface area contributed by atoms with Crippen LogP contribution in [0, 0.1) is 16.0 Å². The van der Waals surface area contributed by atoms with Crippen LogP contribution in [0.2, 0.25) is 0 Å². The number of rotatable bonds is 4. The average Bonchev–Trinajstić information content (AvgIpc) is 2.18. The van der Waals surface area contributed by atoms with Crippen LogP contribution < -0.4 is 0 Å². The molecule has 0 saturated carbocycles. The lowest BCUT2D eigenvalue weighted by Gasteiger charge is -2.13. The van der Waals surface area contributed by atoms with Gasteiger partial charge in [-0.3, -0.25) is 10.1 Å². The predicted octanol–water partition coefficient (Wildman–Crippen LogP) is 3.56. The molecule has 0 aliphatic rings. The first-order valence-corrected chi connectivity index (χ1v) is 5.80. The van der Waals surface area contributed by atoms with Crippen molar-refractivity contribution < 1.29 is 4.92 Å². The summed E-state index contributed by atoms with van der Waals surface area (Å²) in [6.45, 7) is 4.18. The minimum atomic E-state index is -0.324. The minimum Gasteiger partial charge on any atom is -0.258 e. The van der Waals surface area contributed by atoms with Gasteiger partial charge in [-0.15, -0.1) is 0 Å². The molecule has 0 amide bonds. The van der Waals surface area contributed by atoms with Crippen LogP contribution in [-0.4, -0.2) is 9.75 Å². The van der Waals surface area contributed by atoms with Crippen molar-refractivity contribution in [1.29, 1.82) is 0 Å². The molecule has 0 spiro atoms. The molecule has 0 aromatic heterocycles. The highest BCUT2D eigenvalue weighted by atomic mass is 79.9. The highest BCUT2D eigenvalue weighted by molar-refractivity contribution is 9.09. The van der Waals surface area contributed by atoms with Crippen molar-refractivity contribution in [2.45, 2.75) is 25.1 Å². The maximum absolute atomic E-state index is 10.8. The zero-order chi connectivity index (χ0) is 11.4. The Morgan fingerprint density at radius 2 is 2.00 bits per heavy atom. The third-order valence-electron chi connectivity index (χ3n) is 2.33. The molecule has 1 unspecified atom stereocenters. The topological polar surface area (TPSA) is 43.1 Å². The quantitative estimate of drug-likeness (QED) is 0.478. The summed E-state index contributed by atoms with van der Waals surface area (Å²) >= 11 is 3.54. The molecule has 3 nitrogen and oxygen atoms in total. The van der Waals surface area contributed by atoms with Gasteiger partial charge in [-0.1, -0.05) is 48.0 Å². The van der Waals surface area contributed by atoms with Gasteiger partial charge in [0.1, 0.15) is 0 Å². The lowest BCUT2D eigenvalue weighted by atomic mass is 10.0. The second kappa shape index (κ2) is 5.26. The molecular weight excluding hydrogens is 258 g/mol. The van der Waals surface area contributed by atoms with E-state index in [1.54, 1.807) is 12.1 Å². The molecule has 0 fully saturated rings. The Bertz CT molecular complexity index is 352. The molecule has 1 aromatic carbocycles. The fourth-order valence-electron chi connectivity index (χ4n) is 1.31. The van der Waals surface area contributed by atoms with E-state index in [0.717, 1.165) is 5.56 Å². The van der Waals surface area contributed by atoms with Gasteiger partial charge in [0, 0.05) is 16.5 Å². The van der Waals surface area contributed by atoms with E-state index in [0.29, 0.717) is 12.3 Å². The van der Waals surface area contributed by atoms with Crippen molar-refractivity contribution in [2.24, 2.45) is 5.92 Å². The van der Waals surface area contributed by atoms with Crippen molar-refractivity contribution in [3.63, 3.8) is 0 Å². The van der Waals surface area contributed by atoms with Gasteiger partial charge in [-0.2, -0.15) is 0 Å². The fraction of sp³-hybridized carbons (Fsp3) is 0.455. The van der Waals surface area contributed by atoms with Crippen LogP contribution in [-0.2, 0) is 6.42 Å². The van der Waals surface area contributed by atoms with E-state index >= 15 is 0 Å². The van der Waals surface area contributed by atoms with E-state index < -0.39 is 0 Å². The highest BCUT2D eigenvalue weighted by Crippen LogP contribution is 2.24. The Morgan fingerprint density at radius 3 is 2.53 bits per heavy atom. The maximum Gasteiger partial charge on any atom is 0.272 e. The molecule has 15 heavy (non-hydrogen) atoms. The third-order valence-corrected chi connectivity index (χ3v) is 3.71. The van der Waals surface area contributed by atoms with Gasteiger partial charge >= 0.3 is 0 Å². The van der Waals surface area contributed by atoms with E-state index in [9.17, 15) is 10.1 Å². The Balaban J connectivity index is 2.89. The van der Waals surface area contributed by atoms with Gasteiger partial charge in [-0.25, -0.2) is 0 Å². The van der Waals surface area contributed by atoms with Crippen LogP contribution in [0.25, 0.3) is 0 Å². The molecule has 4 heteroatoms. The van der Waals surface area contributed by atoms with E-state index in [2.05, 4.69) is 29.8 Å². The standard InChI is InChI=1S/C11H14BrNO2/c1-8(2)10(12)7-9-5-3-4-6-11(9)13(14)15/h3-6,8,10H,7H2,1-2H3. The number of hydrogen-bond acceptors (Lipinski definition) is 2. The summed E-state index contributed by atoms with van der Waals surface area (Å²) in [6.07, 6.45) is 0.689. The van der Waals surface area contributed by atoms with Crippen molar-refractivity contribution in [3.05, 3.63) is 39.9 Å². The van der Waals surface area contributed by atoms with Crippen LogP contribution in [0.5, 0.6) is 0 Å². The normalized spacial score (nSPS) is 12.8. The van der Waals surface area contributed by atoms with Crippen LogP contribution in [0.3, 0.4) is 0 Å². The van der Waals surface area contributed by atoms with Gasteiger partial charge in [-0.05, 0) is 12.3 Å². The zero-order valence-electron chi connectivity index (χ0n) is 8.81. The van der Waals surface area contributed by atoms with E-state index in [4.69, 9.17) is 0 Å². The van der Waals surface area contributed by atoms with Crippen LogP contribution in [0.15, 0.2) is 24.3 Å². The molecule has 0 heterocycles. The molecule has 0 aliphatic carbocycles. The molecule has 1 aromatic rings. The Kier molecular flexibility index (Phi) is 4.27. The minimum absolute atomic E-state index is 0.211. The lowest BCUT2D eigenvalue weighted by molar-refractivity contribution is -0.385. The van der Waals surface area contributed by atoms with Crippen molar-refractivity contribution in [3.8, 4) is 0 Å². The summed E-state index contributed by atoms with van der Waals surface area (Å²) in [5, 5.41) is 10.8. The smallest absolute Gasteiger partial charge is 0.258 e. The highest BCUT2D eigenvalue weighted by Gasteiger charge is 2.17. The van der Waals surface area contributed by atoms with Crippen molar-refractivity contribution in [1.82, 2.24) is 0 Å². The SMILES string of the molecule is CC(C)C(Br)Cc1ccccc1[N+](=O)[O-]. The average molecular weight is 272 g/mol. The van der Waals surface area contributed by atoms with E-state index in [-0.39, 0.29) is 15.4 Å². The number of halogens is 1. The first kappa shape index (κ1) is 12.2. The Labute approximate surface area is 97.8 Å². The molecule has 0 radical (unpaired) electrons. The first-order chi connectivity index (χ1) is 7.02. The molecule has 1 rings (SSSR count). The zero-order valence-corrected chi connectivity index (χ0v) is 10.4. The van der Waals surface area contributed by atoms with Crippen molar-refractivity contribution >= 4 is 21.6 Å². The predicted molar refractivity (Wildman–Crippen MR) is 64.4 cm³/mol. The van der Waals surface area contributed by atoms with E-state index in [1.165, 1.54) is 0 Å². The maximum atomic E-state index is 10.8. The van der Waals surface area contributed by atoms with Crippen LogP contribution in [0.1, 0.15) is 19.4 Å². The number of nitrogens with zero attached hydrogens (tertiary/aromatic N) is 1. The van der Waals surface area contributed by atoms with Crippen molar-refractivity contribution in [2.75, 3.05) is 0 Å². The summed E-state index contributed by atoms with van der Waals surface area (Å²) in [5.41, 5.74) is 1.00. The number of nitro groups is 1. The van der Waals surface area contributed by atoms with Gasteiger partial charge in [0.25, 0.3) is 5.69 Å². The van der Waals surface area contributed by atoms with Gasteiger partial charge < -0.3 is 0 Å². The molecular formula is C11H14BrNO2.